The van der Waals surface area contributed by atoms with Gasteiger partial charge < -0.3 is 4.98 Å². The summed E-state index contributed by atoms with van der Waals surface area (Å²) in [6.45, 7) is 0. The van der Waals surface area contributed by atoms with E-state index in [0.29, 0.717) is 18.7 Å². The molecule has 3 rings (SSSR count). The van der Waals surface area contributed by atoms with E-state index in [1.807, 2.05) is 0 Å². The highest BCUT2D eigenvalue weighted by Crippen LogP contribution is 2.18. The summed E-state index contributed by atoms with van der Waals surface area (Å²) < 4.78 is 13.1. The molecule has 1 aromatic carbocycles. The largest absolute Gasteiger partial charge is 0.347 e. The molecule has 0 unspecified atom stereocenters. The van der Waals surface area contributed by atoms with Crippen LogP contribution in [0.4, 0.5) is 4.39 Å². The van der Waals surface area contributed by atoms with Gasteiger partial charge in [-0.25, -0.2) is 4.39 Å². The first-order valence-electron chi connectivity index (χ1n) is 6.68. The van der Waals surface area contributed by atoms with Gasteiger partial charge in [-0.2, -0.15) is 4.98 Å². The van der Waals surface area contributed by atoms with Crippen LogP contribution in [-0.4, -0.2) is 9.97 Å². The molecule has 0 spiro atoms. The average molecular weight is 293 g/mol. The molecule has 0 radical (unpaired) electrons. The molecular formula is C15H14ClFN2O. The molecule has 0 saturated carbocycles. The van der Waals surface area contributed by atoms with E-state index in [1.54, 1.807) is 12.1 Å². The van der Waals surface area contributed by atoms with Gasteiger partial charge in [0.15, 0.2) is 0 Å². The number of nitrogens with zero attached hydrogens (tertiary/aromatic N) is 1. The summed E-state index contributed by atoms with van der Waals surface area (Å²) in [5.74, 6) is 0.274. The van der Waals surface area contributed by atoms with Gasteiger partial charge in [-0.15, -0.1) is 0 Å². The van der Waals surface area contributed by atoms with E-state index >= 15 is 0 Å². The highest BCUT2D eigenvalue weighted by molar-refractivity contribution is 6.30. The van der Waals surface area contributed by atoms with Gasteiger partial charge in [0.1, 0.15) is 11.6 Å². The number of aryl methyl sites for hydroxylation is 3. The zero-order valence-corrected chi connectivity index (χ0v) is 11.6. The summed E-state index contributed by atoms with van der Waals surface area (Å²) in [7, 11) is 0. The van der Waals surface area contributed by atoms with Crippen molar-refractivity contribution in [2.24, 2.45) is 0 Å². The van der Waals surface area contributed by atoms with Crippen molar-refractivity contribution >= 4 is 11.6 Å². The summed E-state index contributed by atoms with van der Waals surface area (Å²) in [6.07, 6.45) is 4.04. The number of rotatable bonds is 3. The molecule has 104 valence electrons. The van der Waals surface area contributed by atoms with Gasteiger partial charge in [-0.1, -0.05) is 17.7 Å². The third-order valence-corrected chi connectivity index (χ3v) is 3.93. The third kappa shape index (κ3) is 2.61. The van der Waals surface area contributed by atoms with Crippen LogP contribution in [0.5, 0.6) is 0 Å². The maximum absolute atomic E-state index is 13.1. The van der Waals surface area contributed by atoms with Crippen LogP contribution in [-0.2, 0) is 25.7 Å². The van der Waals surface area contributed by atoms with Gasteiger partial charge in [0, 0.05) is 17.7 Å². The Bertz CT molecular complexity index is 712. The molecule has 1 heterocycles. The molecule has 0 fully saturated rings. The Balaban J connectivity index is 1.77. The number of aromatic nitrogens is 2. The molecule has 0 amide bonds. The Kier molecular flexibility index (Phi) is 3.57. The van der Waals surface area contributed by atoms with Gasteiger partial charge in [0.2, 0.25) is 0 Å². The maximum Gasteiger partial charge on any atom is 0.276 e. The maximum atomic E-state index is 13.1. The standard InChI is InChI=1S/C15H14ClFN2O/c16-11-8-9(4-6-12(11)17)5-7-14-18-13-3-1-2-10(13)15(20)19-14/h4,6,8H,1-3,5,7H2,(H,18,19,20). The van der Waals surface area contributed by atoms with Crippen molar-refractivity contribution in [3.63, 3.8) is 0 Å². The lowest BCUT2D eigenvalue weighted by Crippen LogP contribution is -2.17. The summed E-state index contributed by atoms with van der Waals surface area (Å²) in [6, 6.07) is 4.67. The number of H-pyrrole nitrogens is 1. The molecular weight excluding hydrogens is 279 g/mol. The van der Waals surface area contributed by atoms with Gasteiger partial charge >= 0.3 is 0 Å². The van der Waals surface area contributed by atoms with Gasteiger partial charge in [-0.3, -0.25) is 4.79 Å². The minimum absolute atomic E-state index is 0.108. The fourth-order valence-corrected chi connectivity index (χ4v) is 2.79. The first-order chi connectivity index (χ1) is 9.63. The van der Waals surface area contributed by atoms with Crippen LogP contribution >= 0.6 is 11.6 Å². The van der Waals surface area contributed by atoms with Crippen molar-refractivity contribution in [2.45, 2.75) is 32.1 Å². The van der Waals surface area contributed by atoms with E-state index in [4.69, 9.17) is 11.6 Å². The van der Waals surface area contributed by atoms with E-state index in [-0.39, 0.29) is 10.6 Å². The van der Waals surface area contributed by atoms with Crippen LogP contribution in [0, 0.1) is 5.82 Å². The summed E-state index contributed by atoms with van der Waals surface area (Å²) in [5.41, 5.74) is 2.68. The van der Waals surface area contributed by atoms with Crippen molar-refractivity contribution in [2.75, 3.05) is 0 Å². The van der Waals surface area contributed by atoms with E-state index in [2.05, 4.69) is 9.97 Å². The van der Waals surface area contributed by atoms with Crippen molar-refractivity contribution in [1.29, 1.82) is 0 Å². The summed E-state index contributed by atoms with van der Waals surface area (Å²) >= 11 is 5.75. The van der Waals surface area contributed by atoms with Gasteiger partial charge in [-0.05, 0) is 43.4 Å². The highest BCUT2D eigenvalue weighted by Gasteiger charge is 2.16. The predicted molar refractivity (Wildman–Crippen MR) is 75.7 cm³/mol. The Morgan fingerprint density at radius 1 is 1.30 bits per heavy atom. The number of fused-ring (bicyclic) bond motifs is 1. The van der Waals surface area contributed by atoms with E-state index in [0.717, 1.165) is 36.1 Å². The second kappa shape index (κ2) is 5.37. The van der Waals surface area contributed by atoms with Crippen LogP contribution < -0.4 is 5.56 Å². The van der Waals surface area contributed by atoms with Crippen LogP contribution in [0.1, 0.15) is 29.1 Å². The molecule has 1 aliphatic rings. The molecule has 3 nitrogen and oxygen atoms in total. The topological polar surface area (TPSA) is 45.8 Å². The second-order valence-corrected chi connectivity index (χ2v) is 5.45. The highest BCUT2D eigenvalue weighted by atomic mass is 35.5. The number of hydrogen-bond donors (Lipinski definition) is 1. The molecule has 0 aliphatic heterocycles. The zero-order valence-electron chi connectivity index (χ0n) is 10.9. The van der Waals surface area contributed by atoms with Crippen molar-refractivity contribution in [1.82, 2.24) is 9.97 Å². The number of halogens is 2. The molecule has 1 N–H and O–H groups in total. The molecule has 0 saturated heterocycles. The molecule has 1 aromatic heterocycles. The molecule has 2 aromatic rings. The average Bonchev–Trinajstić information content (AvgIpc) is 2.89. The fourth-order valence-electron chi connectivity index (χ4n) is 2.59. The van der Waals surface area contributed by atoms with Gasteiger partial charge in [0.25, 0.3) is 5.56 Å². The summed E-state index contributed by atoms with van der Waals surface area (Å²) in [5, 5.41) is 0.123. The normalized spacial score (nSPS) is 13.5. The molecule has 0 atom stereocenters. The lowest BCUT2D eigenvalue weighted by molar-refractivity contribution is 0.627. The summed E-state index contributed by atoms with van der Waals surface area (Å²) in [4.78, 5) is 19.2. The number of aromatic amines is 1. The van der Waals surface area contributed by atoms with E-state index in [9.17, 15) is 9.18 Å². The predicted octanol–water partition coefficient (Wildman–Crippen LogP) is 2.84. The Morgan fingerprint density at radius 3 is 2.95 bits per heavy atom. The first kappa shape index (κ1) is 13.3. The Hall–Kier alpha value is -1.68. The molecule has 1 aliphatic carbocycles. The van der Waals surface area contributed by atoms with Crippen LogP contribution in [0.3, 0.4) is 0 Å². The van der Waals surface area contributed by atoms with Gasteiger partial charge in [0.05, 0.1) is 5.02 Å². The van der Waals surface area contributed by atoms with E-state index < -0.39 is 5.82 Å². The fraction of sp³-hybridized carbons (Fsp3) is 0.333. The quantitative estimate of drug-likeness (QED) is 0.945. The van der Waals surface area contributed by atoms with Crippen molar-refractivity contribution in [3.8, 4) is 0 Å². The van der Waals surface area contributed by atoms with Crippen molar-refractivity contribution in [3.05, 3.63) is 62.0 Å². The molecule has 5 heteroatoms. The molecule has 20 heavy (non-hydrogen) atoms. The first-order valence-corrected chi connectivity index (χ1v) is 7.06. The minimum Gasteiger partial charge on any atom is -0.347 e. The minimum atomic E-state index is -0.417. The third-order valence-electron chi connectivity index (χ3n) is 3.64. The smallest absolute Gasteiger partial charge is 0.276 e. The number of benzene rings is 1. The van der Waals surface area contributed by atoms with E-state index in [1.165, 1.54) is 6.07 Å². The van der Waals surface area contributed by atoms with Crippen molar-refractivity contribution < 1.29 is 4.39 Å². The van der Waals surface area contributed by atoms with Crippen LogP contribution in [0.15, 0.2) is 23.0 Å². The Labute approximate surface area is 120 Å². The number of hydrogen-bond acceptors (Lipinski definition) is 2. The molecule has 0 bridgehead atoms. The number of nitrogens with one attached hydrogen (secondary N) is 1. The lowest BCUT2D eigenvalue weighted by atomic mass is 10.1. The zero-order chi connectivity index (χ0) is 14.1. The monoisotopic (exact) mass is 292 g/mol. The van der Waals surface area contributed by atoms with Crippen LogP contribution in [0.25, 0.3) is 0 Å². The Morgan fingerprint density at radius 2 is 2.15 bits per heavy atom. The van der Waals surface area contributed by atoms with Crippen LogP contribution in [0.2, 0.25) is 5.02 Å². The second-order valence-electron chi connectivity index (χ2n) is 5.05. The SMILES string of the molecule is O=c1nc(CCc2ccc(F)c(Cl)c2)[nH]c2c1CCC2. The lowest BCUT2D eigenvalue weighted by Gasteiger charge is -2.05.